The number of carbonyl (C=O) groups excluding carboxylic acids is 1. The molecule has 0 aliphatic rings. The predicted molar refractivity (Wildman–Crippen MR) is 62.2 cm³/mol. The molecule has 0 saturated carbocycles. The maximum atomic E-state index is 10.5. The summed E-state index contributed by atoms with van der Waals surface area (Å²) in [6.45, 7) is 2.02. The molecule has 0 amide bonds. The molecule has 16 heavy (non-hydrogen) atoms. The predicted octanol–water partition coefficient (Wildman–Crippen LogP) is 2.52. The Morgan fingerprint density at radius 2 is 1.69 bits per heavy atom. The van der Waals surface area contributed by atoms with Gasteiger partial charge in [0.2, 0.25) is 0 Å². The summed E-state index contributed by atoms with van der Waals surface area (Å²) in [5, 5.41) is 0. The summed E-state index contributed by atoms with van der Waals surface area (Å²) >= 11 is 0. The Balaban J connectivity index is 2.31. The van der Waals surface area contributed by atoms with E-state index in [4.69, 9.17) is 0 Å². The van der Waals surface area contributed by atoms with E-state index in [9.17, 15) is 4.79 Å². The summed E-state index contributed by atoms with van der Waals surface area (Å²) in [7, 11) is 0. The van der Waals surface area contributed by atoms with Crippen molar-refractivity contribution in [3.05, 3.63) is 48.0 Å². The number of hydrogen-bond acceptors (Lipinski definition) is 3. The van der Waals surface area contributed by atoms with Crippen LogP contribution in [0.2, 0.25) is 0 Å². The average Bonchev–Trinajstić information content (AvgIpc) is 2.39. The normalized spacial score (nSPS) is 10.1. The molecule has 3 heteroatoms. The van der Waals surface area contributed by atoms with E-state index in [-0.39, 0.29) is 0 Å². The number of aromatic nitrogens is 2. The standard InChI is InChI=1S/C13H12N2O/c1-2-13-14-7-12(8-15-13)11-5-3-10(9-16)4-6-11/h3-9H,2H2,1H3. The van der Waals surface area contributed by atoms with Gasteiger partial charge in [0.1, 0.15) is 12.1 Å². The number of benzene rings is 1. The number of nitrogens with zero attached hydrogens (tertiary/aromatic N) is 2. The van der Waals surface area contributed by atoms with E-state index >= 15 is 0 Å². The number of hydrogen-bond donors (Lipinski definition) is 0. The highest BCUT2D eigenvalue weighted by molar-refractivity contribution is 5.76. The lowest BCUT2D eigenvalue weighted by Gasteiger charge is -2.01. The van der Waals surface area contributed by atoms with E-state index in [0.29, 0.717) is 5.56 Å². The fourth-order valence-corrected chi connectivity index (χ4v) is 1.44. The fraction of sp³-hybridized carbons (Fsp3) is 0.154. The summed E-state index contributed by atoms with van der Waals surface area (Å²) in [6.07, 6.45) is 5.29. The van der Waals surface area contributed by atoms with E-state index in [2.05, 4.69) is 9.97 Å². The van der Waals surface area contributed by atoms with Gasteiger partial charge in [0.25, 0.3) is 0 Å². The van der Waals surface area contributed by atoms with Crippen LogP contribution >= 0.6 is 0 Å². The largest absolute Gasteiger partial charge is 0.298 e. The number of aryl methyl sites for hydroxylation is 1. The molecule has 0 radical (unpaired) electrons. The van der Waals surface area contributed by atoms with Gasteiger partial charge in [-0.15, -0.1) is 0 Å². The Morgan fingerprint density at radius 1 is 1.06 bits per heavy atom. The first-order chi connectivity index (χ1) is 7.83. The molecule has 0 N–H and O–H groups in total. The number of rotatable bonds is 3. The van der Waals surface area contributed by atoms with Gasteiger partial charge >= 0.3 is 0 Å². The third kappa shape index (κ3) is 2.14. The molecule has 1 heterocycles. The molecule has 0 atom stereocenters. The van der Waals surface area contributed by atoms with Crippen molar-refractivity contribution in [2.75, 3.05) is 0 Å². The van der Waals surface area contributed by atoms with Gasteiger partial charge in [-0.1, -0.05) is 31.2 Å². The molecule has 0 fully saturated rings. The Hall–Kier alpha value is -2.03. The summed E-state index contributed by atoms with van der Waals surface area (Å²) in [6, 6.07) is 7.37. The fourth-order valence-electron chi connectivity index (χ4n) is 1.44. The van der Waals surface area contributed by atoms with Crippen LogP contribution in [-0.4, -0.2) is 16.3 Å². The highest BCUT2D eigenvalue weighted by Gasteiger charge is 1.99. The van der Waals surface area contributed by atoms with Gasteiger partial charge in [0, 0.05) is 29.9 Å². The highest BCUT2D eigenvalue weighted by Crippen LogP contribution is 2.17. The van der Waals surface area contributed by atoms with Crippen molar-refractivity contribution in [2.24, 2.45) is 0 Å². The minimum absolute atomic E-state index is 0.676. The van der Waals surface area contributed by atoms with Crippen molar-refractivity contribution in [3.8, 4) is 11.1 Å². The van der Waals surface area contributed by atoms with Gasteiger partial charge in [0.05, 0.1) is 0 Å². The minimum atomic E-state index is 0.676. The van der Waals surface area contributed by atoms with Crippen LogP contribution in [0.1, 0.15) is 23.1 Å². The van der Waals surface area contributed by atoms with Crippen molar-refractivity contribution in [3.63, 3.8) is 0 Å². The molecule has 1 aromatic carbocycles. The summed E-state index contributed by atoms with van der Waals surface area (Å²) in [5.74, 6) is 0.841. The first-order valence-corrected chi connectivity index (χ1v) is 5.20. The molecule has 1 aromatic heterocycles. The molecule has 2 rings (SSSR count). The summed E-state index contributed by atoms with van der Waals surface area (Å²) < 4.78 is 0. The van der Waals surface area contributed by atoms with Crippen molar-refractivity contribution >= 4 is 6.29 Å². The maximum Gasteiger partial charge on any atom is 0.150 e. The average molecular weight is 212 g/mol. The third-order valence-corrected chi connectivity index (χ3v) is 2.40. The first kappa shape index (κ1) is 10.5. The zero-order chi connectivity index (χ0) is 11.4. The SMILES string of the molecule is CCc1ncc(-c2ccc(C=O)cc2)cn1. The second-order valence-corrected chi connectivity index (χ2v) is 3.48. The van der Waals surface area contributed by atoms with Crippen molar-refractivity contribution in [1.29, 1.82) is 0 Å². The lowest BCUT2D eigenvalue weighted by atomic mass is 10.1. The van der Waals surface area contributed by atoms with Crippen LogP contribution in [0.25, 0.3) is 11.1 Å². The van der Waals surface area contributed by atoms with Crippen molar-refractivity contribution < 1.29 is 4.79 Å². The molecular weight excluding hydrogens is 200 g/mol. The van der Waals surface area contributed by atoms with E-state index in [1.165, 1.54) is 0 Å². The zero-order valence-corrected chi connectivity index (χ0v) is 9.05. The Labute approximate surface area is 94.2 Å². The Morgan fingerprint density at radius 3 is 2.19 bits per heavy atom. The highest BCUT2D eigenvalue weighted by atomic mass is 16.1. The number of carbonyl (C=O) groups is 1. The topological polar surface area (TPSA) is 42.9 Å². The van der Waals surface area contributed by atoms with Crippen molar-refractivity contribution in [1.82, 2.24) is 9.97 Å². The lowest BCUT2D eigenvalue weighted by molar-refractivity contribution is 0.112. The van der Waals surface area contributed by atoms with Gasteiger partial charge in [-0.05, 0) is 5.56 Å². The second-order valence-electron chi connectivity index (χ2n) is 3.48. The second kappa shape index (κ2) is 4.66. The van der Waals surface area contributed by atoms with E-state index in [1.807, 2.05) is 31.5 Å². The Kier molecular flexibility index (Phi) is 3.05. The van der Waals surface area contributed by atoms with Crippen molar-refractivity contribution in [2.45, 2.75) is 13.3 Å². The minimum Gasteiger partial charge on any atom is -0.298 e. The molecule has 0 bridgehead atoms. The van der Waals surface area contributed by atoms with Crippen LogP contribution in [-0.2, 0) is 6.42 Å². The van der Waals surface area contributed by atoms with E-state index in [1.54, 1.807) is 12.1 Å². The van der Waals surface area contributed by atoms with Gasteiger partial charge in [-0.25, -0.2) is 9.97 Å². The number of aldehydes is 1. The monoisotopic (exact) mass is 212 g/mol. The molecule has 0 aliphatic carbocycles. The van der Waals surface area contributed by atoms with Gasteiger partial charge in [-0.3, -0.25) is 4.79 Å². The van der Waals surface area contributed by atoms with E-state index < -0.39 is 0 Å². The molecular formula is C13H12N2O. The molecule has 0 saturated heterocycles. The molecule has 0 spiro atoms. The molecule has 0 unspecified atom stereocenters. The van der Waals surface area contributed by atoms with Crippen LogP contribution in [0, 0.1) is 0 Å². The van der Waals surface area contributed by atoms with Crippen LogP contribution in [0.5, 0.6) is 0 Å². The summed E-state index contributed by atoms with van der Waals surface area (Å²) in [4.78, 5) is 19.0. The quantitative estimate of drug-likeness (QED) is 0.734. The molecule has 2 aromatic rings. The molecule has 3 nitrogen and oxygen atoms in total. The smallest absolute Gasteiger partial charge is 0.150 e. The summed E-state index contributed by atoms with van der Waals surface area (Å²) in [5.41, 5.74) is 2.66. The lowest BCUT2D eigenvalue weighted by Crippen LogP contribution is -1.92. The molecule has 0 aliphatic heterocycles. The third-order valence-electron chi connectivity index (χ3n) is 2.40. The zero-order valence-electron chi connectivity index (χ0n) is 9.05. The van der Waals surface area contributed by atoms with Crippen LogP contribution in [0.4, 0.5) is 0 Å². The van der Waals surface area contributed by atoms with Crippen LogP contribution < -0.4 is 0 Å². The maximum absolute atomic E-state index is 10.5. The van der Waals surface area contributed by atoms with Crippen LogP contribution in [0.3, 0.4) is 0 Å². The van der Waals surface area contributed by atoms with Gasteiger partial charge in [-0.2, -0.15) is 0 Å². The molecule has 80 valence electrons. The van der Waals surface area contributed by atoms with Crippen LogP contribution in [0.15, 0.2) is 36.7 Å². The van der Waals surface area contributed by atoms with E-state index in [0.717, 1.165) is 29.7 Å². The first-order valence-electron chi connectivity index (χ1n) is 5.20. The Bertz CT molecular complexity index is 474. The van der Waals surface area contributed by atoms with Gasteiger partial charge in [0.15, 0.2) is 0 Å². The van der Waals surface area contributed by atoms with Gasteiger partial charge < -0.3 is 0 Å².